The van der Waals surface area contributed by atoms with E-state index in [2.05, 4.69) is 10.6 Å². The quantitative estimate of drug-likeness (QED) is 0.0810. The SMILES string of the molecule is CCOC(=O)C1=C(C)N(Cc2ccccc2)C(=O)NC1c1ccc(OCCCCOc2ccc(C3NC(=O)N(Cc4ccccc4)C(C)=C3C(=O)OCC)cc2)cc1. The maximum atomic E-state index is 13.3. The molecule has 4 aromatic rings. The Balaban J connectivity index is 1.01. The highest BCUT2D eigenvalue weighted by Crippen LogP contribution is 2.35. The largest absolute Gasteiger partial charge is 0.494 e. The van der Waals surface area contributed by atoms with Crippen LogP contribution >= 0.6 is 0 Å². The van der Waals surface area contributed by atoms with Gasteiger partial charge in [-0.3, -0.25) is 9.80 Å². The Morgan fingerprint density at radius 3 is 1.26 bits per heavy atom. The second kappa shape index (κ2) is 19.5. The van der Waals surface area contributed by atoms with Crippen LogP contribution in [-0.4, -0.2) is 60.2 Å². The number of unbranched alkanes of at least 4 members (excludes halogenated alkanes) is 1. The fourth-order valence-corrected chi connectivity index (χ4v) is 7.02. The highest BCUT2D eigenvalue weighted by Gasteiger charge is 2.38. The molecule has 0 spiro atoms. The zero-order valence-corrected chi connectivity index (χ0v) is 33.4. The van der Waals surface area contributed by atoms with E-state index in [0.29, 0.717) is 60.3 Å². The average Bonchev–Trinajstić information content (AvgIpc) is 3.23. The second-order valence-electron chi connectivity index (χ2n) is 13.9. The van der Waals surface area contributed by atoms with E-state index in [-0.39, 0.29) is 25.3 Å². The Labute approximate surface area is 339 Å². The molecule has 12 heteroatoms. The van der Waals surface area contributed by atoms with Gasteiger partial charge in [-0.25, -0.2) is 19.2 Å². The van der Waals surface area contributed by atoms with Crippen LogP contribution in [0.1, 0.15) is 74.9 Å². The first-order valence-corrected chi connectivity index (χ1v) is 19.6. The van der Waals surface area contributed by atoms with E-state index in [1.54, 1.807) is 37.5 Å². The van der Waals surface area contributed by atoms with Crippen LogP contribution in [0.3, 0.4) is 0 Å². The van der Waals surface area contributed by atoms with E-state index in [0.717, 1.165) is 35.1 Å². The summed E-state index contributed by atoms with van der Waals surface area (Å²) >= 11 is 0. The van der Waals surface area contributed by atoms with Crippen LogP contribution < -0.4 is 20.1 Å². The fourth-order valence-electron chi connectivity index (χ4n) is 7.02. The number of allylic oxidation sites excluding steroid dienone is 2. The van der Waals surface area contributed by atoms with Crippen LogP contribution in [0.2, 0.25) is 0 Å². The van der Waals surface area contributed by atoms with Crippen molar-refractivity contribution in [1.29, 1.82) is 0 Å². The first-order valence-electron chi connectivity index (χ1n) is 19.6. The Bertz CT molecular complexity index is 1970. The van der Waals surface area contributed by atoms with Gasteiger partial charge in [-0.15, -0.1) is 0 Å². The number of nitrogens with zero attached hydrogens (tertiary/aromatic N) is 2. The molecule has 0 saturated heterocycles. The first kappa shape index (κ1) is 41.1. The third kappa shape index (κ3) is 9.87. The van der Waals surface area contributed by atoms with Crippen molar-refractivity contribution in [3.8, 4) is 11.5 Å². The number of urea groups is 2. The molecule has 2 aliphatic rings. The van der Waals surface area contributed by atoms with Crippen molar-refractivity contribution >= 4 is 24.0 Å². The van der Waals surface area contributed by atoms with Gasteiger partial charge < -0.3 is 29.6 Å². The predicted molar refractivity (Wildman–Crippen MR) is 218 cm³/mol. The molecule has 0 fully saturated rings. The van der Waals surface area contributed by atoms with Gasteiger partial charge in [-0.2, -0.15) is 0 Å². The molecule has 0 aromatic heterocycles. The minimum absolute atomic E-state index is 0.215. The smallest absolute Gasteiger partial charge is 0.338 e. The highest BCUT2D eigenvalue weighted by molar-refractivity contribution is 5.96. The number of carbonyl (C=O) groups is 4. The second-order valence-corrected chi connectivity index (χ2v) is 13.9. The number of carbonyl (C=O) groups excluding carboxylic acids is 4. The van der Waals surface area contributed by atoms with Gasteiger partial charge >= 0.3 is 24.0 Å². The van der Waals surface area contributed by atoms with E-state index in [1.165, 1.54) is 0 Å². The van der Waals surface area contributed by atoms with Crippen molar-refractivity contribution < 1.29 is 38.1 Å². The molecule has 0 saturated carbocycles. The molecule has 6 rings (SSSR count). The third-order valence-corrected chi connectivity index (χ3v) is 10.1. The van der Waals surface area contributed by atoms with Crippen molar-refractivity contribution in [1.82, 2.24) is 20.4 Å². The summed E-state index contributed by atoms with van der Waals surface area (Å²) < 4.78 is 22.8. The number of ether oxygens (including phenoxy) is 4. The lowest BCUT2D eigenvalue weighted by molar-refractivity contribution is -0.140. The fraction of sp³-hybridized carbons (Fsp3) is 0.304. The predicted octanol–water partition coefficient (Wildman–Crippen LogP) is 8.13. The minimum atomic E-state index is -0.671. The van der Waals surface area contributed by atoms with Gasteiger partial charge in [0.15, 0.2) is 0 Å². The molecule has 0 bridgehead atoms. The van der Waals surface area contributed by atoms with Gasteiger partial charge in [0.1, 0.15) is 11.5 Å². The van der Waals surface area contributed by atoms with E-state index in [4.69, 9.17) is 18.9 Å². The van der Waals surface area contributed by atoms with Crippen molar-refractivity contribution in [2.45, 2.75) is 65.7 Å². The maximum absolute atomic E-state index is 13.3. The Kier molecular flexibility index (Phi) is 13.8. The number of rotatable bonds is 17. The molecule has 2 unspecified atom stereocenters. The van der Waals surface area contributed by atoms with Gasteiger partial charge in [0, 0.05) is 11.4 Å². The van der Waals surface area contributed by atoms with Crippen molar-refractivity contribution in [3.63, 3.8) is 0 Å². The molecule has 2 heterocycles. The van der Waals surface area contributed by atoms with Crippen LogP contribution in [0.15, 0.2) is 132 Å². The molecule has 4 aromatic carbocycles. The van der Waals surface area contributed by atoms with Crippen molar-refractivity contribution in [2.75, 3.05) is 26.4 Å². The summed E-state index contributed by atoms with van der Waals surface area (Å²) in [6, 6.07) is 32.0. The first-order chi connectivity index (χ1) is 28.2. The van der Waals surface area contributed by atoms with Gasteiger partial charge in [0.2, 0.25) is 0 Å². The van der Waals surface area contributed by atoms with Gasteiger partial charge in [-0.1, -0.05) is 84.9 Å². The number of nitrogens with one attached hydrogen (secondary N) is 2. The Hall–Kier alpha value is -6.56. The summed E-state index contributed by atoms with van der Waals surface area (Å²) in [5, 5.41) is 6.00. The molecular formula is C46H50N4O8. The van der Waals surface area contributed by atoms with E-state index in [1.807, 2.05) is 109 Å². The summed E-state index contributed by atoms with van der Waals surface area (Å²) in [6.45, 7) is 9.07. The van der Waals surface area contributed by atoms with E-state index >= 15 is 0 Å². The van der Waals surface area contributed by atoms with E-state index in [9.17, 15) is 19.2 Å². The Morgan fingerprint density at radius 1 is 0.552 bits per heavy atom. The Morgan fingerprint density at radius 2 is 0.914 bits per heavy atom. The standard InChI is InChI=1S/C46H50N4O8/c1-5-55-43(51)39-31(3)49(29-33-15-9-7-10-16-33)45(53)47-41(39)35-19-23-37(24-20-35)57-27-13-14-28-58-38-25-21-36(22-26-38)42-40(44(52)56-6-2)32(4)50(46(54)48-42)30-34-17-11-8-12-18-34/h7-12,15-26,41-42H,5-6,13-14,27-30H2,1-4H3,(H,47,53)(H,48,54). The zero-order chi connectivity index (χ0) is 41.0. The van der Waals surface area contributed by atoms with Crippen LogP contribution in [0.25, 0.3) is 0 Å². The molecule has 12 nitrogen and oxygen atoms in total. The van der Waals surface area contributed by atoms with Gasteiger partial charge in [-0.05, 0) is 87.1 Å². The molecule has 4 amide bonds. The molecule has 2 aliphatic heterocycles. The molecule has 58 heavy (non-hydrogen) atoms. The van der Waals surface area contributed by atoms with Crippen molar-refractivity contribution in [2.24, 2.45) is 0 Å². The van der Waals surface area contributed by atoms with Crippen LogP contribution in [0.5, 0.6) is 11.5 Å². The minimum Gasteiger partial charge on any atom is -0.494 e. The summed E-state index contributed by atoms with van der Waals surface area (Å²) in [6.07, 6.45) is 1.48. The highest BCUT2D eigenvalue weighted by atomic mass is 16.5. The number of amides is 4. The van der Waals surface area contributed by atoms with Crippen molar-refractivity contribution in [3.05, 3.63) is 154 Å². The maximum Gasteiger partial charge on any atom is 0.338 e. The number of hydrogen-bond acceptors (Lipinski definition) is 8. The number of esters is 2. The lowest BCUT2D eigenvalue weighted by atomic mass is 9.94. The van der Waals surface area contributed by atoms with Gasteiger partial charge in [0.05, 0.1) is 62.7 Å². The molecule has 0 aliphatic carbocycles. The molecule has 0 radical (unpaired) electrons. The van der Waals surface area contributed by atoms with Crippen LogP contribution in [-0.2, 0) is 32.2 Å². The molecule has 2 N–H and O–H groups in total. The lowest BCUT2D eigenvalue weighted by Gasteiger charge is -2.35. The summed E-state index contributed by atoms with van der Waals surface area (Å²) in [5.41, 5.74) is 5.24. The molecule has 2 atom stereocenters. The van der Waals surface area contributed by atoms with Crippen LogP contribution in [0, 0.1) is 0 Å². The molecular weight excluding hydrogens is 737 g/mol. The summed E-state index contributed by atoms with van der Waals surface area (Å²) in [4.78, 5) is 56.0. The summed E-state index contributed by atoms with van der Waals surface area (Å²) in [7, 11) is 0. The summed E-state index contributed by atoms with van der Waals surface area (Å²) in [5.74, 6) is 0.383. The van der Waals surface area contributed by atoms with E-state index < -0.39 is 24.0 Å². The van der Waals surface area contributed by atoms with Crippen LogP contribution in [0.4, 0.5) is 9.59 Å². The molecule has 302 valence electrons. The monoisotopic (exact) mass is 786 g/mol. The van der Waals surface area contributed by atoms with Gasteiger partial charge in [0.25, 0.3) is 0 Å². The normalized spacial score (nSPS) is 16.8. The zero-order valence-electron chi connectivity index (χ0n) is 33.4. The lowest BCUT2D eigenvalue weighted by Crippen LogP contribution is -2.47. The number of benzene rings is 4. The average molecular weight is 787 g/mol. The third-order valence-electron chi connectivity index (χ3n) is 10.1. The topological polar surface area (TPSA) is 136 Å². The number of hydrogen-bond donors (Lipinski definition) is 2.